The molecule has 1 aliphatic rings. The lowest BCUT2D eigenvalue weighted by atomic mass is 9.99. The van der Waals surface area contributed by atoms with Crippen LogP contribution < -0.4 is 0 Å². The minimum atomic E-state index is 0.0231. The SMILES string of the molecule is Cc1ccccc1C1CCC(c2ccccc2C)P1C. The van der Waals surface area contributed by atoms with Gasteiger partial charge < -0.3 is 0 Å². The van der Waals surface area contributed by atoms with Gasteiger partial charge in [0.15, 0.2) is 0 Å². The van der Waals surface area contributed by atoms with Crippen LogP contribution in [-0.2, 0) is 0 Å². The van der Waals surface area contributed by atoms with Gasteiger partial charge in [0, 0.05) is 11.3 Å². The Labute approximate surface area is 124 Å². The van der Waals surface area contributed by atoms with E-state index >= 15 is 0 Å². The molecule has 2 atom stereocenters. The molecule has 0 nitrogen and oxygen atoms in total. The molecule has 1 heteroatoms. The van der Waals surface area contributed by atoms with Crippen molar-refractivity contribution < 1.29 is 0 Å². The number of aryl methyl sites for hydroxylation is 2. The van der Waals surface area contributed by atoms with Crippen LogP contribution in [0.3, 0.4) is 0 Å². The summed E-state index contributed by atoms with van der Waals surface area (Å²) in [6, 6.07) is 17.9. The number of hydrogen-bond acceptors (Lipinski definition) is 0. The van der Waals surface area contributed by atoms with Crippen LogP contribution in [0.15, 0.2) is 48.5 Å². The summed E-state index contributed by atoms with van der Waals surface area (Å²) in [5.41, 5.74) is 7.70. The van der Waals surface area contributed by atoms with Crippen LogP contribution in [-0.4, -0.2) is 6.66 Å². The van der Waals surface area contributed by atoms with Gasteiger partial charge in [-0.2, -0.15) is 0 Å². The van der Waals surface area contributed by atoms with Gasteiger partial charge in [-0.15, -0.1) is 0 Å². The minimum absolute atomic E-state index is 0.0231. The van der Waals surface area contributed by atoms with Crippen molar-refractivity contribution in [2.24, 2.45) is 0 Å². The Morgan fingerprint density at radius 3 is 1.55 bits per heavy atom. The molecule has 0 radical (unpaired) electrons. The van der Waals surface area contributed by atoms with E-state index < -0.39 is 0 Å². The van der Waals surface area contributed by atoms with Crippen molar-refractivity contribution >= 4 is 7.92 Å². The molecule has 3 rings (SSSR count). The molecule has 104 valence electrons. The van der Waals surface area contributed by atoms with E-state index in [1.165, 1.54) is 24.0 Å². The summed E-state index contributed by atoms with van der Waals surface area (Å²) < 4.78 is 0. The van der Waals surface area contributed by atoms with E-state index in [1.54, 1.807) is 11.1 Å². The van der Waals surface area contributed by atoms with E-state index in [1.807, 2.05) is 0 Å². The van der Waals surface area contributed by atoms with Crippen molar-refractivity contribution in [3.8, 4) is 0 Å². The maximum Gasteiger partial charge on any atom is 0.00477 e. The normalized spacial score (nSPS) is 25.9. The second-order valence-corrected chi connectivity index (χ2v) is 8.57. The van der Waals surface area contributed by atoms with Crippen molar-refractivity contribution in [2.75, 3.05) is 6.66 Å². The summed E-state index contributed by atoms with van der Waals surface area (Å²) in [6.07, 6.45) is 2.71. The quantitative estimate of drug-likeness (QED) is 0.593. The molecule has 0 bridgehead atoms. The van der Waals surface area contributed by atoms with Crippen molar-refractivity contribution in [3.63, 3.8) is 0 Å². The zero-order valence-corrected chi connectivity index (χ0v) is 13.5. The van der Waals surface area contributed by atoms with Gasteiger partial charge in [0.05, 0.1) is 0 Å². The highest BCUT2D eigenvalue weighted by Crippen LogP contribution is 2.68. The Kier molecular flexibility index (Phi) is 3.94. The molecule has 0 N–H and O–H groups in total. The fourth-order valence-electron chi connectivity index (χ4n) is 3.61. The highest BCUT2D eigenvalue weighted by molar-refractivity contribution is 7.58. The molecule has 0 saturated carbocycles. The molecule has 0 aromatic heterocycles. The maximum absolute atomic E-state index is 2.51. The summed E-state index contributed by atoms with van der Waals surface area (Å²) >= 11 is 0. The number of rotatable bonds is 2. The fourth-order valence-corrected chi connectivity index (χ4v) is 6.62. The Balaban J connectivity index is 1.90. The highest BCUT2D eigenvalue weighted by Gasteiger charge is 2.35. The standard InChI is InChI=1S/C19H23P/c1-14-8-4-6-10-16(14)18-12-13-19(20(18)3)17-11-7-5-9-15(17)2/h4-11,18-19H,12-13H2,1-3H3. The molecule has 0 aliphatic carbocycles. The third-order valence-corrected chi connectivity index (χ3v) is 7.83. The second-order valence-electron chi connectivity index (χ2n) is 5.99. The average molecular weight is 282 g/mol. The van der Waals surface area contributed by atoms with Crippen LogP contribution in [0.2, 0.25) is 0 Å². The molecular weight excluding hydrogens is 259 g/mol. The van der Waals surface area contributed by atoms with Crippen LogP contribution in [0.25, 0.3) is 0 Å². The van der Waals surface area contributed by atoms with E-state index in [-0.39, 0.29) is 7.92 Å². The molecule has 1 fully saturated rings. The van der Waals surface area contributed by atoms with E-state index in [4.69, 9.17) is 0 Å². The first-order valence-electron chi connectivity index (χ1n) is 7.51. The van der Waals surface area contributed by atoms with E-state index in [0.717, 1.165) is 11.3 Å². The lowest BCUT2D eigenvalue weighted by molar-refractivity contribution is 0.760. The summed E-state index contributed by atoms with van der Waals surface area (Å²) in [5.74, 6) is 0. The first-order valence-corrected chi connectivity index (χ1v) is 9.44. The van der Waals surface area contributed by atoms with Crippen molar-refractivity contribution in [1.29, 1.82) is 0 Å². The first kappa shape index (κ1) is 13.8. The fraction of sp³-hybridized carbons (Fsp3) is 0.368. The first-order chi connectivity index (χ1) is 9.68. The van der Waals surface area contributed by atoms with Crippen LogP contribution in [0.4, 0.5) is 0 Å². The van der Waals surface area contributed by atoms with Crippen molar-refractivity contribution in [2.45, 2.75) is 38.0 Å². The van der Waals surface area contributed by atoms with Crippen LogP contribution in [0, 0.1) is 13.8 Å². The molecule has 1 heterocycles. The number of hydrogen-bond donors (Lipinski definition) is 0. The third-order valence-electron chi connectivity index (χ3n) is 4.79. The molecule has 1 saturated heterocycles. The predicted octanol–water partition coefficient (Wildman–Crippen LogP) is 5.99. The Hall–Kier alpha value is -1.13. The molecule has 0 spiro atoms. The molecule has 2 unspecified atom stereocenters. The Morgan fingerprint density at radius 2 is 1.15 bits per heavy atom. The van der Waals surface area contributed by atoms with E-state index in [0.29, 0.717) is 0 Å². The zero-order valence-electron chi connectivity index (χ0n) is 12.6. The Morgan fingerprint density at radius 1 is 0.750 bits per heavy atom. The van der Waals surface area contributed by atoms with Gasteiger partial charge >= 0.3 is 0 Å². The van der Waals surface area contributed by atoms with Crippen LogP contribution >= 0.6 is 7.92 Å². The summed E-state index contributed by atoms with van der Waals surface area (Å²) in [6.45, 7) is 7.04. The zero-order chi connectivity index (χ0) is 14.1. The largest absolute Gasteiger partial charge is 0.0945 e. The van der Waals surface area contributed by atoms with Gasteiger partial charge in [-0.3, -0.25) is 0 Å². The third kappa shape index (κ3) is 2.42. The van der Waals surface area contributed by atoms with Gasteiger partial charge in [0.1, 0.15) is 0 Å². The van der Waals surface area contributed by atoms with Crippen LogP contribution in [0.1, 0.15) is 46.4 Å². The molecule has 0 amide bonds. The molecule has 2 aromatic carbocycles. The monoisotopic (exact) mass is 282 g/mol. The highest BCUT2D eigenvalue weighted by atomic mass is 31.1. The smallest absolute Gasteiger partial charge is 0.00477 e. The van der Waals surface area contributed by atoms with Crippen molar-refractivity contribution in [1.82, 2.24) is 0 Å². The predicted molar refractivity (Wildman–Crippen MR) is 89.9 cm³/mol. The Bertz CT molecular complexity index is 549. The van der Waals surface area contributed by atoms with Gasteiger partial charge in [-0.1, -0.05) is 56.5 Å². The lowest BCUT2D eigenvalue weighted by Gasteiger charge is -2.24. The summed E-state index contributed by atoms with van der Waals surface area (Å²) in [5, 5.41) is 0. The van der Waals surface area contributed by atoms with Gasteiger partial charge in [-0.05, 0) is 55.6 Å². The van der Waals surface area contributed by atoms with Crippen molar-refractivity contribution in [3.05, 3.63) is 70.8 Å². The van der Waals surface area contributed by atoms with E-state index in [2.05, 4.69) is 69.0 Å². The molecule has 20 heavy (non-hydrogen) atoms. The topological polar surface area (TPSA) is 0 Å². The van der Waals surface area contributed by atoms with Gasteiger partial charge in [0.2, 0.25) is 0 Å². The second kappa shape index (κ2) is 5.70. The summed E-state index contributed by atoms with van der Waals surface area (Å²) in [4.78, 5) is 0. The molecule has 2 aromatic rings. The average Bonchev–Trinajstić information content (AvgIpc) is 2.82. The summed E-state index contributed by atoms with van der Waals surface area (Å²) in [7, 11) is 0.0231. The van der Waals surface area contributed by atoms with Gasteiger partial charge in [0.25, 0.3) is 0 Å². The molecular formula is C19H23P. The minimum Gasteiger partial charge on any atom is -0.0945 e. The van der Waals surface area contributed by atoms with Crippen LogP contribution in [0.5, 0.6) is 0 Å². The van der Waals surface area contributed by atoms with Gasteiger partial charge in [-0.25, -0.2) is 0 Å². The maximum atomic E-state index is 2.51. The van der Waals surface area contributed by atoms with E-state index in [9.17, 15) is 0 Å². The lowest BCUT2D eigenvalue weighted by Crippen LogP contribution is -1.96. The number of benzene rings is 2. The molecule has 1 aliphatic heterocycles.